The molecule has 0 bridgehead atoms. The second kappa shape index (κ2) is 8.24. The van der Waals surface area contributed by atoms with Crippen molar-refractivity contribution in [1.29, 1.82) is 0 Å². The maximum Gasteiger partial charge on any atom is 0.241 e. The molecular formula is C25H28F3N7O. The molecule has 6 rings (SSSR count). The fourth-order valence-electron chi connectivity index (χ4n) is 5.40. The summed E-state index contributed by atoms with van der Waals surface area (Å²) in [5, 5.41) is 7.68. The van der Waals surface area contributed by atoms with Gasteiger partial charge in [-0.05, 0) is 39.0 Å². The summed E-state index contributed by atoms with van der Waals surface area (Å²) in [5.41, 5.74) is 2.92. The van der Waals surface area contributed by atoms with E-state index in [1.165, 1.54) is 0 Å². The third kappa shape index (κ3) is 3.67. The molecule has 0 radical (unpaired) electrons. The summed E-state index contributed by atoms with van der Waals surface area (Å²) in [6, 6.07) is 5.10. The molecule has 3 aliphatic heterocycles. The van der Waals surface area contributed by atoms with Gasteiger partial charge in [0, 0.05) is 37.0 Å². The Bertz CT molecular complexity index is 1350. The van der Waals surface area contributed by atoms with Gasteiger partial charge in [0.1, 0.15) is 6.17 Å². The number of aromatic nitrogens is 4. The zero-order valence-electron chi connectivity index (χ0n) is 20.4. The Balaban J connectivity index is 1.25. The number of hydrogen-bond donors (Lipinski definition) is 1. The number of aliphatic imine (C=N–C) groups is 1. The van der Waals surface area contributed by atoms with Crippen LogP contribution in [0.4, 0.5) is 24.8 Å². The van der Waals surface area contributed by atoms with Crippen LogP contribution in [0.5, 0.6) is 0 Å². The topological polar surface area (TPSA) is 79.9 Å². The molecule has 1 N–H and O–H groups in total. The molecule has 3 aromatic rings. The van der Waals surface area contributed by atoms with Gasteiger partial charge in [-0.3, -0.25) is 9.89 Å². The number of nitrogens with one attached hydrogen (secondary N) is 1. The summed E-state index contributed by atoms with van der Waals surface area (Å²) in [4.78, 5) is 15.8. The molecule has 8 nitrogen and oxygen atoms in total. The lowest BCUT2D eigenvalue weighted by Gasteiger charge is -2.45. The van der Waals surface area contributed by atoms with E-state index in [2.05, 4.69) is 32.2 Å². The number of ether oxygens (including phenoxy) is 1. The van der Waals surface area contributed by atoms with E-state index < -0.39 is 24.1 Å². The lowest BCUT2D eigenvalue weighted by Crippen LogP contribution is -2.59. The first-order chi connectivity index (χ1) is 17.2. The second-order valence-corrected chi connectivity index (χ2v) is 10.5. The third-order valence-electron chi connectivity index (χ3n) is 7.89. The van der Waals surface area contributed by atoms with Gasteiger partial charge in [0.05, 0.1) is 59.0 Å². The maximum atomic E-state index is 14.8. The fourth-order valence-corrected chi connectivity index (χ4v) is 5.40. The molecular weight excluding hydrogens is 471 g/mol. The van der Waals surface area contributed by atoms with Crippen LogP contribution in [0, 0.1) is 0 Å². The van der Waals surface area contributed by atoms with Crippen molar-refractivity contribution in [1.82, 2.24) is 24.5 Å². The van der Waals surface area contributed by atoms with Crippen LogP contribution < -0.4 is 5.32 Å². The van der Waals surface area contributed by atoms with Crippen molar-refractivity contribution in [3.8, 4) is 11.3 Å². The number of anilines is 1. The van der Waals surface area contributed by atoms with Gasteiger partial charge >= 0.3 is 0 Å². The highest BCUT2D eigenvalue weighted by Crippen LogP contribution is 2.43. The van der Waals surface area contributed by atoms with Crippen LogP contribution >= 0.6 is 0 Å². The van der Waals surface area contributed by atoms with Crippen molar-refractivity contribution in [3.05, 3.63) is 36.3 Å². The Morgan fingerprint density at radius 3 is 2.72 bits per heavy atom. The Kier molecular flexibility index (Phi) is 5.34. The van der Waals surface area contributed by atoms with Crippen LogP contribution in [0.15, 0.2) is 35.6 Å². The standard InChI is InChI=1S/C25H28F3N7O/c1-14-25(3,8-21(27)28)22-18(30-14)5-4-17(31-22)15-6-7-35-20(15)9-29-23(33-35)32-19-11-34(10-16(19)26)24(2)12-36-13-24/h4-7,9,16,19,21H,8,10-13H2,1-3H3,(H,32,33)/t16-,19+,25?/m0/s1. The van der Waals surface area contributed by atoms with Crippen LogP contribution in [-0.4, -0.2) is 80.7 Å². The van der Waals surface area contributed by atoms with Crippen LogP contribution in [-0.2, 0) is 10.2 Å². The molecule has 0 amide bonds. The normalized spacial score (nSPS) is 27.4. The van der Waals surface area contributed by atoms with Crippen molar-refractivity contribution in [2.24, 2.45) is 4.99 Å². The third-order valence-corrected chi connectivity index (χ3v) is 7.89. The first-order valence-electron chi connectivity index (χ1n) is 12.1. The molecule has 2 fully saturated rings. The number of halogens is 3. The van der Waals surface area contributed by atoms with E-state index in [4.69, 9.17) is 9.72 Å². The van der Waals surface area contributed by atoms with Gasteiger partial charge in [0.25, 0.3) is 0 Å². The number of pyridine rings is 1. The zero-order chi connectivity index (χ0) is 25.2. The van der Waals surface area contributed by atoms with E-state index >= 15 is 0 Å². The Labute approximate surface area is 206 Å². The largest absolute Gasteiger partial charge is 0.377 e. The smallest absolute Gasteiger partial charge is 0.241 e. The molecule has 0 aliphatic carbocycles. The molecule has 2 saturated heterocycles. The Morgan fingerprint density at radius 1 is 1.19 bits per heavy atom. The summed E-state index contributed by atoms with van der Waals surface area (Å²) < 4.78 is 48.5. The van der Waals surface area contributed by atoms with Crippen LogP contribution in [0.3, 0.4) is 0 Å². The molecule has 3 aliphatic rings. The first kappa shape index (κ1) is 23.4. The van der Waals surface area contributed by atoms with E-state index in [1.54, 1.807) is 30.8 Å². The molecule has 1 unspecified atom stereocenters. The number of likely N-dealkylation sites (tertiary alicyclic amines) is 1. The summed E-state index contributed by atoms with van der Waals surface area (Å²) in [7, 11) is 0. The highest BCUT2D eigenvalue weighted by atomic mass is 19.3. The highest BCUT2D eigenvalue weighted by molar-refractivity contribution is 5.99. The monoisotopic (exact) mass is 499 g/mol. The first-order valence-corrected chi connectivity index (χ1v) is 12.1. The molecule has 0 aromatic carbocycles. The SMILES string of the molecule is CC1=Nc2ccc(-c3ccn4nc(N[C@@H]5CN(C6(C)COC6)C[C@@H]5F)ncc34)nc2C1(C)CC(F)F. The molecule has 6 heterocycles. The van der Waals surface area contributed by atoms with Crippen molar-refractivity contribution in [3.63, 3.8) is 0 Å². The van der Waals surface area contributed by atoms with E-state index in [9.17, 15) is 13.2 Å². The summed E-state index contributed by atoms with van der Waals surface area (Å²) in [6.45, 7) is 7.76. The zero-order valence-corrected chi connectivity index (χ0v) is 20.4. The molecule has 3 atom stereocenters. The van der Waals surface area contributed by atoms with E-state index in [0.717, 1.165) is 5.56 Å². The van der Waals surface area contributed by atoms with Gasteiger partial charge in [-0.2, -0.15) is 0 Å². The van der Waals surface area contributed by atoms with E-state index in [-0.39, 0.29) is 12.0 Å². The average molecular weight is 500 g/mol. The molecule has 0 spiro atoms. The molecule has 0 saturated carbocycles. The summed E-state index contributed by atoms with van der Waals surface area (Å²) >= 11 is 0. The van der Waals surface area contributed by atoms with Crippen molar-refractivity contribution in [2.75, 3.05) is 31.6 Å². The van der Waals surface area contributed by atoms with Crippen molar-refractivity contribution < 1.29 is 17.9 Å². The summed E-state index contributed by atoms with van der Waals surface area (Å²) in [5.74, 6) is 0.338. The minimum absolute atomic E-state index is 0.112. The number of rotatable bonds is 6. The fraction of sp³-hybridized carbons (Fsp3) is 0.520. The number of fused-ring (bicyclic) bond motifs is 2. The number of hydrogen-bond acceptors (Lipinski definition) is 7. The predicted octanol–water partition coefficient (Wildman–Crippen LogP) is 4.03. The number of nitrogens with zero attached hydrogens (tertiary/aromatic N) is 6. The van der Waals surface area contributed by atoms with Gasteiger partial charge in [-0.1, -0.05) is 0 Å². The quantitative estimate of drug-likeness (QED) is 0.552. The van der Waals surface area contributed by atoms with E-state index in [0.29, 0.717) is 60.6 Å². The average Bonchev–Trinajstić information content (AvgIpc) is 3.46. The minimum atomic E-state index is -2.47. The van der Waals surface area contributed by atoms with Gasteiger partial charge in [-0.15, -0.1) is 5.10 Å². The van der Waals surface area contributed by atoms with Gasteiger partial charge < -0.3 is 10.1 Å². The van der Waals surface area contributed by atoms with Crippen LogP contribution in [0.25, 0.3) is 16.8 Å². The molecule has 36 heavy (non-hydrogen) atoms. The molecule has 190 valence electrons. The van der Waals surface area contributed by atoms with Gasteiger partial charge in [0.2, 0.25) is 12.4 Å². The minimum Gasteiger partial charge on any atom is -0.377 e. The van der Waals surface area contributed by atoms with Gasteiger partial charge in [0.15, 0.2) is 0 Å². The van der Waals surface area contributed by atoms with Crippen LogP contribution in [0.2, 0.25) is 0 Å². The van der Waals surface area contributed by atoms with Crippen molar-refractivity contribution in [2.45, 2.75) is 56.8 Å². The van der Waals surface area contributed by atoms with Crippen LogP contribution in [0.1, 0.15) is 32.9 Å². The molecule has 3 aromatic heterocycles. The predicted molar refractivity (Wildman–Crippen MR) is 130 cm³/mol. The van der Waals surface area contributed by atoms with Crippen molar-refractivity contribution >= 4 is 22.9 Å². The van der Waals surface area contributed by atoms with E-state index in [1.807, 2.05) is 18.2 Å². The Hall–Kier alpha value is -3.05. The lowest BCUT2D eigenvalue weighted by molar-refractivity contribution is -0.124. The molecule has 11 heteroatoms. The maximum absolute atomic E-state index is 14.8. The second-order valence-electron chi connectivity index (χ2n) is 10.5. The number of alkyl halides is 3. The highest BCUT2D eigenvalue weighted by Gasteiger charge is 2.46. The lowest BCUT2D eigenvalue weighted by atomic mass is 9.80. The Morgan fingerprint density at radius 2 is 2.00 bits per heavy atom. The summed E-state index contributed by atoms with van der Waals surface area (Å²) in [6.07, 6.45) is -0.382. The van der Waals surface area contributed by atoms with Gasteiger partial charge in [-0.25, -0.2) is 27.7 Å².